The van der Waals surface area contributed by atoms with Gasteiger partial charge in [-0.2, -0.15) is 4.98 Å². The molecular weight excluding hydrogens is 406 g/mol. The molecule has 3 N–H and O–H groups in total. The molecule has 2 atom stereocenters. The molecule has 2 heterocycles. The van der Waals surface area contributed by atoms with Gasteiger partial charge in [-0.25, -0.2) is 17.7 Å². The molecule has 1 aromatic heterocycles. The van der Waals surface area contributed by atoms with Crippen molar-refractivity contribution in [3.05, 3.63) is 17.8 Å². The number of carbonyl (C=O) groups is 1. The summed E-state index contributed by atoms with van der Waals surface area (Å²) in [5.74, 6) is 0.923. The molecule has 1 aromatic rings. The van der Waals surface area contributed by atoms with Crippen LogP contribution in [-0.4, -0.2) is 70.6 Å². The zero-order valence-electron chi connectivity index (χ0n) is 17.8. The van der Waals surface area contributed by atoms with Gasteiger partial charge in [0.15, 0.2) is 5.78 Å². The molecule has 0 spiro atoms. The second-order valence-electron chi connectivity index (χ2n) is 8.47. The lowest BCUT2D eigenvalue weighted by atomic mass is 10.0. The van der Waals surface area contributed by atoms with Crippen LogP contribution in [0.1, 0.15) is 51.5 Å². The summed E-state index contributed by atoms with van der Waals surface area (Å²) in [6.07, 6.45) is 9.83. The SMILES string of the molecule is CC(=O)/C=C/c1cnc(NC2CCN(S(C)(=O)=O)CC2)nc1N[C@@H]1CCC[C@@]1(C)O. The minimum absolute atomic E-state index is 0.0732. The number of ketones is 1. The maximum Gasteiger partial charge on any atom is 0.224 e. The molecule has 166 valence electrons. The van der Waals surface area contributed by atoms with Crippen molar-refractivity contribution >= 4 is 33.6 Å². The summed E-state index contributed by atoms with van der Waals surface area (Å²) in [4.78, 5) is 20.3. The first kappa shape index (κ1) is 22.6. The van der Waals surface area contributed by atoms with E-state index < -0.39 is 15.6 Å². The van der Waals surface area contributed by atoms with Crippen LogP contribution < -0.4 is 10.6 Å². The van der Waals surface area contributed by atoms with E-state index in [1.54, 1.807) is 12.3 Å². The number of hydrogen-bond donors (Lipinski definition) is 3. The van der Waals surface area contributed by atoms with E-state index in [0.717, 1.165) is 19.3 Å². The van der Waals surface area contributed by atoms with Gasteiger partial charge in [-0.05, 0) is 58.1 Å². The van der Waals surface area contributed by atoms with E-state index in [-0.39, 0.29) is 17.9 Å². The van der Waals surface area contributed by atoms with Crippen molar-refractivity contribution in [3.8, 4) is 0 Å². The van der Waals surface area contributed by atoms with Gasteiger partial charge in [-0.3, -0.25) is 4.79 Å². The number of sulfonamides is 1. The fourth-order valence-corrected chi connectivity index (χ4v) is 4.84. The van der Waals surface area contributed by atoms with Crippen molar-refractivity contribution in [2.45, 2.75) is 63.6 Å². The number of hydrogen-bond acceptors (Lipinski definition) is 8. The van der Waals surface area contributed by atoms with Crippen LogP contribution in [0.2, 0.25) is 0 Å². The molecule has 10 heteroatoms. The second-order valence-corrected chi connectivity index (χ2v) is 10.5. The third-order valence-corrected chi connectivity index (χ3v) is 7.11. The Kier molecular flexibility index (Phi) is 6.78. The molecule has 2 fully saturated rings. The number of nitrogens with zero attached hydrogens (tertiary/aromatic N) is 3. The van der Waals surface area contributed by atoms with Crippen LogP contribution in [0.25, 0.3) is 6.08 Å². The van der Waals surface area contributed by atoms with Crippen LogP contribution in [0.4, 0.5) is 11.8 Å². The molecule has 9 nitrogen and oxygen atoms in total. The van der Waals surface area contributed by atoms with Gasteiger partial charge in [0.25, 0.3) is 0 Å². The Hall–Kier alpha value is -2.04. The predicted molar refractivity (Wildman–Crippen MR) is 117 cm³/mol. The van der Waals surface area contributed by atoms with E-state index in [2.05, 4.69) is 20.6 Å². The Morgan fingerprint density at radius 2 is 2.00 bits per heavy atom. The monoisotopic (exact) mass is 437 g/mol. The number of allylic oxidation sites excluding steroid dienone is 1. The van der Waals surface area contributed by atoms with Crippen molar-refractivity contribution in [1.82, 2.24) is 14.3 Å². The van der Waals surface area contributed by atoms with E-state index in [1.165, 1.54) is 23.6 Å². The highest BCUT2D eigenvalue weighted by molar-refractivity contribution is 7.88. The zero-order chi connectivity index (χ0) is 21.9. The summed E-state index contributed by atoms with van der Waals surface area (Å²) in [7, 11) is -3.17. The van der Waals surface area contributed by atoms with Crippen molar-refractivity contribution < 1.29 is 18.3 Å². The Balaban J connectivity index is 1.75. The number of carbonyl (C=O) groups excluding carboxylic acids is 1. The Bertz CT molecular complexity index is 908. The van der Waals surface area contributed by atoms with Crippen LogP contribution in [0.15, 0.2) is 12.3 Å². The fraction of sp³-hybridized carbons (Fsp3) is 0.650. The minimum atomic E-state index is -3.17. The Morgan fingerprint density at radius 1 is 1.30 bits per heavy atom. The highest BCUT2D eigenvalue weighted by atomic mass is 32.2. The number of aliphatic hydroxyl groups is 1. The van der Waals surface area contributed by atoms with Gasteiger partial charge in [0, 0.05) is 30.9 Å². The minimum Gasteiger partial charge on any atom is -0.388 e. The van der Waals surface area contributed by atoms with E-state index in [4.69, 9.17) is 0 Å². The van der Waals surface area contributed by atoms with E-state index in [9.17, 15) is 18.3 Å². The number of nitrogens with one attached hydrogen (secondary N) is 2. The van der Waals surface area contributed by atoms with Crippen molar-refractivity contribution in [3.63, 3.8) is 0 Å². The normalized spacial score (nSPS) is 26.2. The first-order valence-electron chi connectivity index (χ1n) is 10.3. The van der Waals surface area contributed by atoms with Crippen molar-refractivity contribution in [1.29, 1.82) is 0 Å². The molecule has 2 aliphatic rings. The summed E-state index contributed by atoms with van der Waals surface area (Å²) in [6.45, 7) is 4.22. The first-order chi connectivity index (χ1) is 14.0. The number of rotatable bonds is 7. The van der Waals surface area contributed by atoms with Gasteiger partial charge >= 0.3 is 0 Å². The molecule has 0 unspecified atom stereocenters. The largest absolute Gasteiger partial charge is 0.388 e. The van der Waals surface area contributed by atoms with Gasteiger partial charge in [-0.1, -0.05) is 0 Å². The molecule has 0 bridgehead atoms. The van der Waals surface area contributed by atoms with Gasteiger partial charge in [-0.15, -0.1) is 0 Å². The lowest BCUT2D eigenvalue weighted by Crippen LogP contribution is -2.42. The average molecular weight is 438 g/mol. The first-order valence-corrected chi connectivity index (χ1v) is 12.2. The Morgan fingerprint density at radius 3 is 2.57 bits per heavy atom. The summed E-state index contributed by atoms with van der Waals surface area (Å²) in [5.41, 5.74) is -0.149. The molecule has 0 aromatic carbocycles. The quantitative estimate of drug-likeness (QED) is 0.550. The Labute approximate surface area is 178 Å². The maximum atomic E-state index is 11.7. The third-order valence-electron chi connectivity index (χ3n) is 5.81. The topological polar surface area (TPSA) is 125 Å². The van der Waals surface area contributed by atoms with Gasteiger partial charge in [0.05, 0.1) is 17.9 Å². The number of aromatic nitrogens is 2. The summed E-state index contributed by atoms with van der Waals surface area (Å²) in [6, 6.07) is -0.0632. The predicted octanol–water partition coefficient (Wildman–Crippen LogP) is 1.63. The third kappa shape index (κ3) is 5.77. The smallest absolute Gasteiger partial charge is 0.224 e. The van der Waals surface area contributed by atoms with Crippen LogP contribution in [0, 0.1) is 0 Å². The molecule has 1 saturated carbocycles. The standard InChI is InChI=1S/C20H31N5O4S/c1-14(26)6-7-15-13-21-19(22-16-8-11-25(12-9-16)30(3,28)29)24-18(15)23-17-5-4-10-20(17,2)27/h6-7,13,16-17,27H,4-5,8-12H2,1-3H3,(H2,21,22,23,24)/b7-6+/t17-,20-/m1/s1. The summed E-state index contributed by atoms with van der Waals surface area (Å²) < 4.78 is 24.8. The molecule has 1 aliphatic carbocycles. The van der Waals surface area contributed by atoms with Crippen LogP contribution in [0.5, 0.6) is 0 Å². The molecular formula is C20H31N5O4S. The van der Waals surface area contributed by atoms with Gasteiger partial charge in [0.2, 0.25) is 16.0 Å². The van der Waals surface area contributed by atoms with E-state index in [1.807, 2.05) is 6.92 Å². The average Bonchev–Trinajstić information content (AvgIpc) is 2.99. The molecule has 3 rings (SSSR count). The molecule has 1 aliphatic heterocycles. The maximum absolute atomic E-state index is 11.7. The fourth-order valence-electron chi connectivity index (χ4n) is 3.96. The lowest BCUT2D eigenvalue weighted by Gasteiger charge is -2.31. The lowest BCUT2D eigenvalue weighted by molar-refractivity contribution is -0.112. The number of anilines is 2. The molecule has 1 saturated heterocycles. The van der Waals surface area contributed by atoms with E-state index >= 15 is 0 Å². The van der Waals surface area contributed by atoms with Crippen LogP contribution in [-0.2, 0) is 14.8 Å². The molecule has 0 amide bonds. The van der Waals surface area contributed by atoms with E-state index in [0.29, 0.717) is 43.3 Å². The highest BCUT2D eigenvalue weighted by Crippen LogP contribution is 2.32. The molecule has 0 radical (unpaired) electrons. The summed E-state index contributed by atoms with van der Waals surface area (Å²) >= 11 is 0. The molecule has 30 heavy (non-hydrogen) atoms. The number of piperidine rings is 1. The van der Waals surface area contributed by atoms with Gasteiger partial charge < -0.3 is 15.7 Å². The van der Waals surface area contributed by atoms with Crippen molar-refractivity contribution in [2.75, 3.05) is 30.0 Å². The van der Waals surface area contributed by atoms with Gasteiger partial charge in [0.1, 0.15) is 5.82 Å². The second kappa shape index (κ2) is 8.99. The zero-order valence-corrected chi connectivity index (χ0v) is 18.6. The van der Waals surface area contributed by atoms with Crippen LogP contribution in [0.3, 0.4) is 0 Å². The van der Waals surface area contributed by atoms with Crippen molar-refractivity contribution in [2.24, 2.45) is 0 Å². The summed E-state index contributed by atoms with van der Waals surface area (Å²) in [5, 5.41) is 17.2. The highest BCUT2D eigenvalue weighted by Gasteiger charge is 2.37. The van der Waals surface area contributed by atoms with Crippen LogP contribution >= 0.6 is 0 Å².